The summed E-state index contributed by atoms with van der Waals surface area (Å²) in [6, 6.07) is 19.4. The first kappa shape index (κ1) is 25.0. The lowest BCUT2D eigenvalue weighted by Crippen LogP contribution is -2.49. The van der Waals surface area contributed by atoms with Crippen LogP contribution in [0, 0.1) is 3.57 Å². The van der Waals surface area contributed by atoms with Crippen LogP contribution in [0.1, 0.15) is 31.1 Å². The number of halogens is 2. The highest BCUT2D eigenvalue weighted by Gasteiger charge is 2.25. The summed E-state index contributed by atoms with van der Waals surface area (Å²) in [4.78, 5) is 41.9. The number of benzene rings is 3. The maximum atomic E-state index is 13.1. The zero-order valence-corrected chi connectivity index (χ0v) is 21.9. The Labute approximate surface area is 222 Å². The van der Waals surface area contributed by atoms with Gasteiger partial charge in [-0.15, -0.1) is 0 Å². The molecule has 0 unspecified atom stereocenters. The molecule has 1 saturated heterocycles. The van der Waals surface area contributed by atoms with E-state index in [4.69, 9.17) is 16.3 Å². The van der Waals surface area contributed by atoms with E-state index < -0.39 is 5.97 Å². The SMILES string of the molecule is COC(=O)c1ccc(N2CCN(C(=O)c3ccccc3)CC2)c(NC(=O)c2cc(I)ccc2Cl)c1. The largest absolute Gasteiger partial charge is 0.465 e. The summed E-state index contributed by atoms with van der Waals surface area (Å²) in [5.74, 6) is -0.888. The Balaban J connectivity index is 1.57. The van der Waals surface area contributed by atoms with Gasteiger partial charge in [0.2, 0.25) is 0 Å². The van der Waals surface area contributed by atoms with Gasteiger partial charge in [-0.05, 0) is 71.1 Å². The summed E-state index contributed by atoms with van der Waals surface area (Å²) in [6.45, 7) is 2.21. The molecular weight excluding hydrogens is 581 g/mol. The maximum absolute atomic E-state index is 13.1. The topological polar surface area (TPSA) is 79.0 Å². The van der Waals surface area contributed by atoms with E-state index in [1.165, 1.54) is 7.11 Å². The Kier molecular flexibility index (Phi) is 7.92. The number of carbonyl (C=O) groups excluding carboxylic acids is 3. The first-order valence-corrected chi connectivity index (χ1v) is 12.4. The fourth-order valence-electron chi connectivity index (χ4n) is 3.93. The average molecular weight is 604 g/mol. The second-order valence-corrected chi connectivity index (χ2v) is 9.60. The quantitative estimate of drug-likeness (QED) is 0.330. The molecule has 7 nitrogen and oxygen atoms in total. The normalized spacial score (nSPS) is 13.3. The minimum Gasteiger partial charge on any atom is -0.465 e. The highest BCUT2D eigenvalue weighted by molar-refractivity contribution is 14.1. The van der Waals surface area contributed by atoms with Gasteiger partial charge in [0.1, 0.15) is 0 Å². The van der Waals surface area contributed by atoms with Gasteiger partial charge in [0, 0.05) is 35.3 Å². The van der Waals surface area contributed by atoms with Crippen LogP contribution in [0.5, 0.6) is 0 Å². The summed E-state index contributed by atoms with van der Waals surface area (Å²) in [7, 11) is 1.31. The van der Waals surface area contributed by atoms with Crippen LogP contribution in [0.15, 0.2) is 66.7 Å². The molecule has 4 rings (SSSR count). The van der Waals surface area contributed by atoms with Crippen molar-refractivity contribution in [3.8, 4) is 0 Å². The third-order valence-corrected chi connectivity index (χ3v) is 6.77. The van der Waals surface area contributed by atoms with E-state index in [2.05, 4.69) is 32.8 Å². The summed E-state index contributed by atoms with van der Waals surface area (Å²) >= 11 is 8.38. The Bertz CT molecular complexity index is 1260. The van der Waals surface area contributed by atoms with E-state index in [9.17, 15) is 14.4 Å². The summed E-state index contributed by atoms with van der Waals surface area (Å²) in [6.07, 6.45) is 0. The Morgan fingerprint density at radius 3 is 2.31 bits per heavy atom. The van der Waals surface area contributed by atoms with Gasteiger partial charge in [-0.25, -0.2) is 4.79 Å². The smallest absolute Gasteiger partial charge is 0.337 e. The Hall–Kier alpha value is -3.11. The second kappa shape index (κ2) is 11.1. The monoisotopic (exact) mass is 603 g/mol. The predicted molar refractivity (Wildman–Crippen MR) is 144 cm³/mol. The zero-order valence-electron chi connectivity index (χ0n) is 19.0. The van der Waals surface area contributed by atoms with Crippen molar-refractivity contribution >= 4 is 63.4 Å². The number of nitrogens with zero attached hydrogens (tertiary/aromatic N) is 2. The summed E-state index contributed by atoms with van der Waals surface area (Å²) in [5, 5.41) is 3.25. The van der Waals surface area contributed by atoms with Gasteiger partial charge in [0.05, 0.1) is 34.6 Å². The number of hydrogen-bond acceptors (Lipinski definition) is 5. The van der Waals surface area contributed by atoms with Gasteiger partial charge in [-0.1, -0.05) is 29.8 Å². The standard InChI is InChI=1S/C26H23ClIN3O4/c1-35-26(34)18-7-10-23(22(15-18)29-24(32)20-16-19(28)8-9-21(20)27)30-11-13-31(14-12-30)25(33)17-5-3-2-4-6-17/h2-10,15-16H,11-14H2,1H3,(H,29,32). The van der Waals surface area contributed by atoms with Gasteiger partial charge in [-0.2, -0.15) is 0 Å². The molecule has 3 aromatic rings. The predicted octanol–water partition coefficient (Wildman–Crippen LogP) is 4.95. The van der Waals surface area contributed by atoms with E-state index in [1.54, 1.807) is 30.3 Å². The summed E-state index contributed by atoms with van der Waals surface area (Å²) in [5.41, 5.74) is 2.53. The van der Waals surface area contributed by atoms with Crippen molar-refractivity contribution in [2.75, 3.05) is 43.5 Å². The van der Waals surface area contributed by atoms with Crippen molar-refractivity contribution in [1.82, 2.24) is 4.90 Å². The molecule has 1 aliphatic rings. The molecule has 0 spiro atoms. The highest BCUT2D eigenvalue weighted by Crippen LogP contribution is 2.30. The van der Waals surface area contributed by atoms with Crippen molar-refractivity contribution in [2.24, 2.45) is 0 Å². The molecular formula is C26H23ClIN3O4. The lowest BCUT2D eigenvalue weighted by atomic mass is 10.1. The van der Waals surface area contributed by atoms with Crippen LogP contribution < -0.4 is 10.2 Å². The van der Waals surface area contributed by atoms with E-state index in [-0.39, 0.29) is 11.8 Å². The number of esters is 1. The molecule has 2 amide bonds. The molecule has 35 heavy (non-hydrogen) atoms. The zero-order chi connectivity index (χ0) is 24.9. The molecule has 180 valence electrons. The third-order valence-electron chi connectivity index (χ3n) is 5.77. The van der Waals surface area contributed by atoms with Crippen molar-refractivity contribution in [2.45, 2.75) is 0 Å². The summed E-state index contributed by atoms with van der Waals surface area (Å²) < 4.78 is 5.73. The molecule has 1 aliphatic heterocycles. The average Bonchev–Trinajstić information content (AvgIpc) is 2.89. The number of amides is 2. The number of nitrogens with one attached hydrogen (secondary N) is 1. The third kappa shape index (κ3) is 5.76. The van der Waals surface area contributed by atoms with Crippen LogP contribution in [0.4, 0.5) is 11.4 Å². The minimum atomic E-state index is -0.502. The van der Waals surface area contributed by atoms with Gasteiger partial charge in [0.25, 0.3) is 11.8 Å². The maximum Gasteiger partial charge on any atom is 0.337 e. The van der Waals surface area contributed by atoms with Crippen LogP contribution in [0.3, 0.4) is 0 Å². The molecule has 0 bridgehead atoms. The lowest BCUT2D eigenvalue weighted by molar-refractivity contribution is 0.0600. The molecule has 3 aromatic carbocycles. The highest BCUT2D eigenvalue weighted by atomic mass is 127. The lowest BCUT2D eigenvalue weighted by Gasteiger charge is -2.37. The van der Waals surface area contributed by atoms with Gasteiger partial charge in [-0.3, -0.25) is 9.59 Å². The van der Waals surface area contributed by atoms with E-state index >= 15 is 0 Å². The molecule has 0 aromatic heterocycles. The molecule has 0 aliphatic carbocycles. The van der Waals surface area contributed by atoms with E-state index in [1.807, 2.05) is 41.3 Å². The van der Waals surface area contributed by atoms with Crippen molar-refractivity contribution in [3.63, 3.8) is 0 Å². The minimum absolute atomic E-state index is 0.00635. The Morgan fingerprint density at radius 2 is 1.63 bits per heavy atom. The van der Waals surface area contributed by atoms with E-state index in [0.717, 1.165) is 9.26 Å². The van der Waals surface area contributed by atoms with Crippen LogP contribution in [0.2, 0.25) is 5.02 Å². The molecule has 0 saturated carbocycles. The first-order chi connectivity index (χ1) is 16.9. The van der Waals surface area contributed by atoms with Gasteiger partial charge >= 0.3 is 5.97 Å². The molecule has 1 heterocycles. The number of rotatable bonds is 5. The molecule has 9 heteroatoms. The number of hydrogen-bond donors (Lipinski definition) is 1. The fourth-order valence-corrected chi connectivity index (χ4v) is 4.63. The Morgan fingerprint density at radius 1 is 0.914 bits per heavy atom. The fraction of sp³-hybridized carbons (Fsp3) is 0.192. The van der Waals surface area contributed by atoms with Crippen LogP contribution in [-0.2, 0) is 4.74 Å². The van der Waals surface area contributed by atoms with Gasteiger partial charge < -0.3 is 19.9 Å². The van der Waals surface area contributed by atoms with Crippen molar-refractivity contribution in [1.29, 1.82) is 0 Å². The van der Waals surface area contributed by atoms with Crippen LogP contribution in [0.25, 0.3) is 0 Å². The number of carbonyl (C=O) groups is 3. The van der Waals surface area contributed by atoms with Crippen LogP contribution >= 0.6 is 34.2 Å². The van der Waals surface area contributed by atoms with Crippen molar-refractivity contribution < 1.29 is 19.1 Å². The van der Waals surface area contributed by atoms with Crippen LogP contribution in [-0.4, -0.2) is 56.0 Å². The number of piperazine rings is 1. The molecule has 1 fully saturated rings. The van der Waals surface area contributed by atoms with Gasteiger partial charge in [0.15, 0.2) is 0 Å². The first-order valence-electron chi connectivity index (χ1n) is 11.0. The molecule has 1 N–H and O–H groups in total. The number of methoxy groups -OCH3 is 1. The molecule has 0 radical (unpaired) electrons. The number of anilines is 2. The molecule has 0 atom stereocenters. The van der Waals surface area contributed by atoms with E-state index in [0.29, 0.717) is 53.6 Å². The second-order valence-electron chi connectivity index (χ2n) is 7.95. The number of ether oxygens (including phenoxy) is 1. The van der Waals surface area contributed by atoms with Crippen molar-refractivity contribution in [3.05, 3.63) is 92.0 Å².